The summed E-state index contributed by atoms with van der Waals surface area (Å²) >= 11 is 4.29. The van der Waals surface area contributed by atoms with Gasteiger partial charge >= 0.3 is 0 Å². The van der Waals surface area contributed by atoms with Gasteiger partial charge in [0.15, 0.2) is 0 Å². The average molecular weight is 497 g/mol. The number of hydrogen-bond acceptors (Lipinski definition) is 3. The zero-order valence-corrected chi connectivity index (χ0v) is 24.3. The molecule has 0 aromatic rings. The van der Waals surface area contributed by atoms with Gasteiger partial charge in [-0.3, -0.25) is 9.10 Å². The van der Waals surface area contributed by atoms with Crippen molar-refractivity contribution in [3.05, 3.63) is 12.2 Å². The maximum absolute atomic E-state index is 12.7. The molecule has 202 valence electrons. The fourth-order valence-corrected chi connectivity index (χ4v) is 4.58. The molecule has 3 nitrogen and oxygen atoms in total. The molecule has 4 heteroatoms. The van der Waals surface area contributed by atoms with E-state index in [1.165, 1.54) is 109 Å². The van der Waals surface area contributed by atoms with E-state index in [4.69, 9.17) is 0 Å². The molecule has 1 amide bonds. The van der Waals surface area contributed by atoms with Gasteiger partial charge in [0.2, 0.25) is 5.91 Å². The van der Waals surface area contributed by atoms with Gasteiger partial charge in [-0.05, 0) is 52.0 Å². The Morgan fingerprint density at radius 1 is 0.588 bits per heavy atom. The van der Waals surface area contributed by atoms with Gasteiger partial charge in [0.1, 0.15) is 0 Å². The van der Waals surface area contributed by atoms with Crippen molar-refractivity contribution >= 4 is 18.7 Å². The van der Waals surface area contributed by atoms with Crippen LogP contribution in [0.15, 0.2) is 12.2 Å². The number of carbonyl (C=O) groups excluding carboxylic acids is 1. The zero-order chi connectivity index (χ0) is 25.1. The van der Waals surface area contributed by atoms with Gasteiger partial charge in [0, 0.05) is 26.1 Å². The summed E-state index contributed by atoms with van der Waals surface area (Å²) in [5.41, 5.74) is 0. The lowest BCUT2D eigenvalue weighted by Crippen LogP contribution is -2.33. The molecule has 34 heavy (non-hydrogen) atoms. The molecule has 0 heterocycles. The normalized spacial score (nSPS) is 11.7. The summed E-state index contributed by atoms with van der Waals surface area (Å²) in [5.74, 6) is 0.348. The molecule has 0 rings (SSSR count). The number of hydrogen-bond donors (Lipinski definition) is 1. The summed E-state index contributed by atoms with van der Waals surface area (Å²) in [5, 5.41) is 0. The van der Waals surface area contributed by atoms with E-state index in [1.54, 1.807) is 0 Å². The van der Waals surface area contributed by atoms with Gasteiger partial charge in [-0.1, -0.05) is 122 Å². The molecule has 0 aromatic heterocycles. The second-order valence-electron chi connectivity index (χ2n) is 10.2. The molecule has 0 saturated carbocycles. The predicted octanol–water partition coefficient (Wildman–Crippen LogP) is 9.38. The Balaban J connectivity index is 3.86. The van der Waals surface area contributed by atoms with Crippen molar-refractivity contribution in [3.8, 4) is 0 Å². The van der Waals surface area contributed by atoms with Gasteiger partial charge < -0.3 is 4.90 Å². The van der Waals surface area contributed by atoms with Crippen molar-refractivity contribution in [1.82, 2.24) is 9.21 Å². The van der Waals surface area contributed by atoms with Crippen molar-refractivity contribution in [2.24, 2.45) is 0 Å². The van der Waals surface area contributed by atoms with Crippen LogP contribution in [0.25, 0.3) is 0 Å². The molecule has 0 N–H and O–H groups in total. The summed E-state index contributed by atoms with van der Waals surface area (Å²) < 4.78 is 1.87. The fourth-order valence-electron chi connectivity index (χ4n) is 4.43. The van der Waals surface area contributed by atoms with Crippen molar-refractivity contribution < 1.29 is 4.79 Å². The Bertz CT molecular complexity index is 453. The van der Waals surface area contributed by atoms with Crippen molar-refractivity contribution in [2.45, 2.75) is 149 Å². The number of thiol groups is 1. The Morgan fingerprint density at radius 2 is 1.00 bits per heavy atom. The van der Waals surface area contributed by atoms with E-state index in [0.717, 1.165) is 38.9 Å². The third-order valence-electron chi connectivity index (χ3n) is 6.70. The van der Waals surface area contributed by atoms with E-state index in [2.05, 4.69) is 43.7 Å². The first-order chi connectivity index (χ1) is 16.6. The molecule has 0 bridgehead atoms. The Hall–Kier alpha value is -0.480. The second kappa shape index (κ2) is 27.1. The van der Waals surface area contributed by atoms with Crippen molar-refractivity contribution in [2.75, 3.05) is 26.7 Å². The highest BCUT2D eigenvalue weighted by molar-refractivity contribution is 7.77. The zero-order valence-electron chi connectivity index (χ0n) is 23.4. The topological polar surface area (TPSA) is 23.6 Å². The van der Waals surface area contributed by atoms with E-state index >= 15 is 0 Å². The maximum Gasteiger partial charge on any atom is 0.222 e. The minimum Gasteiger partial charge on any atom is -0.343 e. The number of carbonyl (C=O) groups is 1. The van der Waals surface area contributed by atoms with Crippen LogP contribution in [0.2, 0.25) is 0 Å². The van der Waals surface area contributed by atoms with Crippen LogP contribution in [0.5, 0.6) is 0 Å². The first-order valence-electron chi connectivity index (χ1n) is 14.9. The van der Waals surface area contributed by atoms with Crippen LogP contribution in [0, 0.1) is 0 Å². The van der Waals surface area contributed by atoms with Crippen LogP contribution in [0.4, 0.5) is 0 Å². The first-order valence-corrected chi connectivity index (χ1v) is 15.3. The van der Waals surface area contributed by atoms with Crippen molar-refractivity contribution in [3.63, 3.8) is 0 Å². The van der Waals surface area contributed by atoms with Gasteiger partial charge in [-0.2, -0.15) is 0 Å². The number of nitrogens with zero attached hydrogens (tertiary/aromatic N) is 2. The first kappa shape index (κ1) is 33.5. The van der Waals surface area contributed by atoms with Crippen LogP contribution in [0.3, 0.4) is 0 Å². The molecule has 0 aliphatic carbocycles. The molecular formula is C30H60N2OS. The van der Waals surface area contributed by atoms with E-state index in [-0.39, 0.29) is 0 Å². The van der Waals surface area contributed by atoms with Crippen LogP contribution >= 0.6 is 12.8 Å². The highest BCUT2D eigenvalue weighted by Gasteiger charge is 2.12. The average Bonchev–Trinajstić information content (AvgIpc) is 2.82. The Kier molecular flexibility index (Phi) is 26.7. The summed E-state index contributed by atoms with van der Waals surface area (Å²) in [4.78, 5) is 14.9. The van der Waals surface area contributed by atoms with Crippen LogP contribution in [-0.4, -0.2) is 41.8 Å². The Labute approximate surface area is 220 Å². The van der Waals surface area contributed by atoms with Gasteiger partial charge in [0.25, 0.3) is 0 Å². The lowest BCUT2D eigenvalue weighted by Gasteiger charge is -2.23. The number of allylic oxidation sites excluding steroid dienone is 2. The second-order valence-corrected chi connectivity index (χ2v) is 10.9. The van der Waals surface area contributed by atoms with Gasteiger partial charge in [-0.25, -0.2) is 0 Å². The highest BCUT2D eigenvalue weighted by atomic mass is 32.1. The van der Waals surface area contributed by atoms with E-state index in [9.17, 15) is 4.79 Å². The molecular weight excluding hydrogens is 436 g/mol. The van der Waals surface area contributed by atoms with E-state index in [1.807, 2.05) is 11.4 Å². The Morgan fingerprint density at radius 3 is 1.44 bits per heavy atom. The summed E-state index contributed by atoms with van der Waals surface area (Å²) in [7, 11) is 1.95. The molecule has 0 atom stereocenters. The molecule has 0 aliphatic heterocycles. The molecule has 0 radical (unpaired) electrons. The number of amides is 1. The quantitative estimate of drug-likeness (QED) is 0.0732. The largest absolute Gasteiger partial charge is 0.343 e. The number of rotatable bonds is 26. The summed E-state index contributed by atoms with van der Waals surface area (Å²) in [6.07, 6.45) is 31.2. The molecule has 0 aliphatic rings. The molecule has 0 spiro atoms. The minimum atomic E-state index is 0.348. The third kappa shape index (κ3) is 24.6. The predicted molar refractivity (Wildman–Crippen MR) is 156 cm³/mol. The SMILES string of the molecule is CCCCCCC/C=C\CCCCCCCCN(CCCCCCCC)C(=O)CCCN(C)S. The molecule has 0 saturated heterocycles. The lowest BCUT2D eigenvalue weighted by atomic mass is 10.1. The van der Waals surface area contributed by atoms with Crippen LogP contribution in [0.1, 0.15) is 149 Å². The maximum atomic E-state index is 12.7. The lowest BCUT2D eigenvalue weighted by molar-refractivity contribution is -0.131. The highest BCUT2D eigenvalue weighted by Crippen LogP contribution is 2.12. The molecule has 0 fully saturated rings. The van der Waals surface area contributed by atoms with Crippen LogP contribution < -0.4 is 0 Å². The van der Waals surface area contributed by atoms with E-state index < -0.39 is 0 Å². The third-order valence-corrected chi connectivity index (χ3v) is 6.90. The smallest absolute Gasteiger partial charge is 0.222 e. The summed E-state index contributed by atoms with van der Waals surface area (Å²) in [6, 6.07) is 0. The van der Waals surface area contributed by atoms with Crippen LogP contribution in [-0.2, 0) is 4.79 Å². The standard InChI is InChI=1S/C30H60N2OS/c1-4-6-8-10-12-13-14-15-16-17-18-19-20-22-24-29-32(28-23-21-11-9-7-5-2)30(33)26-25-27-31(3)34/h14-15,34H,4-13,16-29H2,1-3H3/b15-14-. The van der Waals surface area contributed by atoms with Crippen molar-refractivity contribution in [1.29, 1.82) is 0 Å². The minimum absolute atomic E-state index is 0.348. The summed E-state index contributed by atoms with van der Waals surface area (Å²) in [6.45, 7) is 7.31. The molecule has 0 unspecified atom stereocenters. The van der Waals surface area contributed by atoms with E-state index in [0.29, 0.717) is 12.3 Å². The monoisotopic (exact) mass is 496 g/mol. The number of unbranched alkanes of at least 4 members (excludes halogenated alkanes) is 16. The fraction of sp³-hybridized carbons (Fsp3) is 0.900. The van der Waals surface area contributed by atoms with Gasteiger partial charge in [0.05, 0.1) is 0 Å². The molecule has 0 aromatic carbocycles. The van der Waals surface area contributed by atoms with Gasteiger partial charge in [-0.15, -0.1) is 0 Å².